The number of benzene rings is 3. The van der Waals surface area contributed by atoms with Gasteiger partial charge in [0.25, 0.3) is 0 Å². The third kappa shape index (κ3) is 5.83. The minimum absolute atomic E-state index is 0.273. The van der Waals surface area contributed by atoms with Crippen LogP contribution in [0.4, 0.5) is 21.9 Å². The largest absolute Gasteiger partial charge is 0.323 e. The van der Waals surface area contributed by atoms with Gasteiger partial charge in [-0.3, -0.25) is 4.79 Å². The lowest BCUT2D eigenvalue weighted by Crippen LogP contribution is -2.19. The van der Waals surface area contributed by atoms with Crippen molar-refractivity contribution in [1.82, 2.24) is 9.78 Å². The van der Waals surface area contributed by atoms with Gasteiger partial charge in [0.1, 0.15) is 0 Å². The number of hydrogen-bond acceptors (Lipinski definition) is 3. The molecule has 0 aliphatic rings. The lowest BCUT2D eigenvalue weighted by Gasteiger charge is -2.11. The predicted octanol–water partition coefficient (Wildman–Crippen LogP) is 6.09. The summed E-state index contributed by atoms with van der Waals surface area (Å²) in [6.45, 7) is 5.79. The second kappa shape index (κ2) is 10.5. The monoisotopic (exact) mass is 465 g/mol. The van der Waals surface area contributed by atoms with Crippen molar-refractivity contribution >= 4 is 35.1 Å². The summed E-state index contributed by atoms with van der Waals surface area (Å²) >= 11 is 0. The van der Waals surface area contributed by atoms with Crippen molar-refractivity contribution in [3.8, 4) is 5.69 Å². The number of anilines is 3. The molecule has 1 aromatic heterocycles. The van der Waals surface area contributed by atoms with Gasteiger partial charge in [-0.1, -0.05) is 42.5 Å². The van der Waals surface area contributed by atoms with Crippen LogP contribution in [0.3, 0.4) is 0 Å². The SMILES string of the molecule is Cc1ccc(NC(=O)Nc2ccccc2)cc1NC(=O)/C=C/c1c(C)nn(-c2ccccc2)c1C. The van der Waals surface area contributed by atoms with Crippen molar-refractivity contribution in [3.05, 3.63) is 107 Å². The van der Waals surface area contributed by atoms with Crippen LogP contribution in [-0.4, -0.2) is 21.7 Å². The first-order chi connectivity index (χ1) is 16.9. The molecule has 0 spiro atoms. The number of amides is 3. The van der Waals surface area contributed by atoms with Crippen LogP contribution in [0, 0.1) is 20.8 Å². The Morgan fingerprint density at radius 1 is 0.800 bits per heavy atom. The number of carbonyl (C=O) groups is 2. The van der Waals surface area contributed by atoms with E-state index in [9.17, 15) is 9.59 Å². The Bertz CT molecular complexity index is 1380. The molecule has 7 heteroatoms. The van der Waals surface area contributed by atoms with E-state index in [1.807, 2.05) is 80.1 Å². The van der Waals surface area contributed by atoms with E-state index in [-0.39, 0.29) is 11.9 Å². The maximum absolute atomic E-state index is 12.7. The number of nitrogens with one attached hydrogen (secondary N) is 3. The van der Waals surface area contributed by atoms with Gasteiger partial charge in [0.15, 0.2) is 0 Å². The minimum atomic E-state index is -0.362. The molecule has 3 aromatic carbocycles. The molecule has 4 aromatic rings. The van der Waals surface area contributed by atoms with Crippen molar-refractivity contribution in [2.24, 2.45) is 0 Å². The van der Waals surface area contributed by atoms with Crippen LogP contribution in [0.15, 0.2) is 84.9 Å². The molecular weight excluding hydrogens is 438 g/mol. The smallest absolute Gasteiger partial charge is 0.322 e. The number of aromatic nitrogens is 2. The molecule has 176 valence electrons. The molecule has 0 aliphatic heterocycles. The molecule has 7 nitrogen and oxygen atoms in total. The Morgan fingerprint density at radius 3 is 2.17 bits per heavy atom. The third-order valence-corrected chi connectivity index (χ3v) is 5.53. The molecule has 0 radical (unpaired) electrons. The van der Waals surface area contributed by atoms with E-state index >= 15 is 0 Å². The molecule has 35 heavy (non-hydrogen) atoms. The minimum Gasteiger partial charge on any atom is -0.322 e. The summed E-state index contributed by atoms with van der Waals surface area (Å²) in [6.07, 6.45) is 3.27. The highest BCUT2D eigenvalue weighted by Gasteiger charge is 2.11. The van der Waals surface area contributed by atoms with Crippen molar-refractivity contribution < 1.29 is 9.59 Å². The Balaban J connectivity index is 1.44. The summed E-state index contributed by atoms with van der Waals surface area (Å²) in [5, 5.41) is 13.1. The van der Waals surface area contributed by atoms with Crippen LogP contribution in [0.1, 0.15) is 22.5 Å². The van der Waals surface area contributed by atoms with Crippen LogP contribution < -0.4 is 16.0 Å². The van der Waals surface area contributed by atoms with Crippen molar-refractivity contribution in [3.63, 3.8) is 0 Å². The molecule has 4 rings (SSSR count). The van der Waals surface area contributed by atoms with Crippen molar-refractivity contribution in [2.75, 3.05) is 16.0 Å². The standard InChI is InChI=1S/C28H27N5O2/c1-19-14-15-23(30-28(35)29-22-10-6-4-7-11-22)18-26(19)31-27(34)17-16-25-20(2)32-33(21(25)3)24-12-8-5-9-13-24/h4-18H,1-3H3,(H,31,34)(H2,29,30,35)/b17-16+. The van der Waals surface area contributed by atoms with Gasteiger partial charge in [-0.05, 0) is 68.8 Å². The average molecular weight is 466 g/mol. The van der Waals surface area contributed by atoms with Crippen molar-refractivity contribution in [1.29, 1.82) is 0 Å². The molecule has 3 N–H and O–H groups in total. The molecule has 0 fully saturated rings. The van der Waals surface area contributed by atoms with Gasteiger partial charge in [0, 0.05) is 34.4 Å². The second-order valence-electron chi connectivity index (χ2n) is 8.13. The van der Waals surface area contributed by atoms with Gasteiger partial charge in [0.2, 0.25) is 5.91 Å². The number of nitrogens with zero attached hydrogens (tertiary/aromatic N) is 2. The van der Waals surface area contributed by atoms with E-state index in [2.05, 4.69) is 21.0 Å². The highest BCUT2D eigenvalue weighted by atomic mass is 16.2. The zero-order valence-electron chi connectivity index (χ0n) is 19.9. The normalized spacial score (nSPS) is 10.8. The lowest BCUT2D eigenvalue weighted by atomic mass is 10.1. The van der Waals surface area contributed by atoms with Gasteiger partial charge >= 0.3 is 6.03 Å². The van der Waals surface area contributed by atoms with E-state index in [1.165, 1.54) is 6.08 Å². The number of carbonyl (C=O) groups excluding carboxylic acids is 2. The molecule has 0 unspecified atom stereocenters. The maximum atomic E-state index is 12.7. The van der Waals surface area contributed by atoms with Gasteiger partial charge in [-0.25, -0.2) is 9.48 Å². The number of para-hydroxylation sites is 2. The topological polar surface area (TPSA) is 88.1 Å². The van der Waals surface area contributed by atoms with Gasteiger partial charge in [-0.2, -0.15) is 5.10 Å². The molecule has 1 heterocycles. The summed E-state index contributed by atoms with van der Waals surface area (Å²) in [6, 6.07) is 24.0. The summed E-state index contributed by atoms with van der Waals surface area (Å²) in [7, 11) is 0. The Labute approximate surface area is 204 Å². The Morgan fingerprint density at radius 2 is 1.46 bits per heavy atom. The van der Waals surface area contributed by atoms with E-state index in [1.54, 1.807) is 30.3 Å². The summed E-state index contributed by atoms with van der Waals surface area (Å²) in [5.41, 5.74) is 6.40. The quantitative estimate of drug-likeness (QED) is 0.301. The molecule has 0 saturated carbocycles. The highest BCUT2D eigenvalue weighted by molar-refractivity contribution is 6.04. The van der Waals surface area contributed by atoms with Gasteiger partial charge in [-0.15, -0.1) is 0 Å². The van der Waals surface area contributed by atoms with Gasteiger partial charge in [0.05, 0.1) is 11.4 Å². The first-order valence-electron chi connectivity index (χ1n) is 11.2. The average Bonchev–Trinajstić information content (AvgIpc) is 3.14. The van der Waals surface area contributed by atoms with E-state index in [4.69, 9.17) is 0 Å². The first-order valence-corrected chi connectivity index (χ1v) is 11.2. The zero-order valence-corrected chi connectivity index (χ0v) is 19.9. The molecule has 0 bridgehead atoms. The van der Waals surface area contributed by atoms with E-state index in [0.29, 0.717) is 17.1 Å². The van der Waals surface area contributed by atoms with Crippen LogP contribution in [-0.2, 0) is 4.79 Å². The first kappa shape index (κ1) is 23.5. The Hall–Kier alpha value is -4.65. The van der Waals surface area contributed by atoms with Crippen LogP contribution >= 0.6 is 0 Å². The fourth-order valence-corrected chi connectivity index (χ4v) is 3.70. The van der Waals surface area contributed by atoms with E-state index < -0.39 is 0 Å². The number of rotatable bonds is 6. The number of urea groups is 1. The molecule has 0 atom stereocenters. The van der Waals surface area contributed by atoms with Crippen LogP contribution in [0.2, 0.25) is 0 Å². The number of hydrogen-bond donors (Lipinski definition) is 3. The Kier molecular flexibility index (Phi) is 7.07. The molecule has 0 aliphatic carbocycles. The summed E-state index contributed by atoms with van der Waals surface area (Å²) < 4.78 is 1.87. The molecule has 0 saturated heterocycles. The van der Waals surface area contributed by atoms with Crippen LogP contribution in [0.5, 0.6) is 0 Å². The maximum Gasteiger partial charge on any atom is 0.323 e. The van der Waals surface area contributed by atoms with Gasteiger partial charge < -0.3 is 16.0 Å². The van der Waals surface area contributed by atoms with Crippen molar-refractivity contribution in [2.45, 2.75) is 20.8 Å². The fraction of sp³-hybridized carbons (Fsp3) is 0.107. The highest BCUT2D eigenvalue weighted by Crippen LogP contribution is 2.22. The predicted molar refractivity (Wildman–Crippen MR) is 141 cm³/mol. The summed E-state index contributed by atoms with van der Waals surface area (Å²) in [4.78, 5) is 25.0. The third-order valence-electron chi connectivity index (χ3n) is 5.53. The summed E-state index contributed by atoms with van der Waals surface area (Å²) in [5.74, 6) is -0.273. The number of aryl methyl sites for hydroxylation is 2. The lowest BCUT2D eigenvalue weighted by molar-refractivity contribution is -0.111. The fourth-order valence-electron chi connectivity index (χ4n) is 3.70. The zero-order chi connectivity index (χ0) is 24.8. The van der Waals surface area contributed by atoms with E-state index in [0.717, 1.165) is 28.2 Å². The van der Waals surface area contributed by atoms with Crippen LogP contribution in [0.25, 0.3) is 11.8 Å². The molecule has 3 amide bonds. The molecular formula is C28H27N5O2. The second-order valence-corrected chi connectivity index (χ2v) is 8.13.